The second kappa shape index (κ2) is 8.05. The van der Waals surface area contributed by atoms with Crippen LogP contribution in [0.25, 0.3) is 0 Å². The Morgan fingerprint density at radius 2 is 1.50 bits per heavy atom. The summed E-state index contributed by atoms with van der Waals surface area (Å²) in [6.07, 6.45) is 11.4. The van der Waals surface area contributed by atoms with Gasteiger partial charge in [-0.1, -0.05) is 49.6 Å². The summed E-state index contributed by atoms with van der Waals surface area (Å²) in [5.41, 5.74) is 1.53. The van der Waals surface area contributed by atoms with Crippen molar-refractivity contribution in [2.45, 2.75) is 57.4 Å². The van der Waals surface area contributed by atoms with Crippen LogP contribution in [-0.4, -0.2) is 24.0 Å². The molecule has 20 heavy (non-hydrogen) atoms. The number of benzene rings is 1. The van der Waals surface area contributed by atoms with Crippen molar-refractivity contribution in [3.05, 3.63) is 35.9 Å². The molecule has 1 saturated heterocycles. The number of rotatable bonds is 3. The molecule has 0 bridgehead atoms. The van der Waals surface area contributed by atoms with Crippen LogP contribution in [0.2, 0.25) is 0 Å². The van der Waals surface area contributed by atoms with Crippen LogP contribution in [0.3, 0.4) is 0 Å². The normalized spacial score (nSPS) is 22.4. The van der Waals surface area contributed by atoms with Crippen LogP contribution in [-0.2, 0) is 6.42 Å². The largest absolute Gasteiger partial charge is 0.300 e. The Morgan fingerprint density at radius 1 is 0.850 bits per heavy atom. The Bertz CT molecular complexity index is 364. The Morgan fingerprint density at radius 3 is 2.15 bits per heavy atom. The molecule has 0 spiro atoms. The van der Waals surface area contributed by atoms with Crippen LogP contribution in [0.4, 0.5) is 0 Å². The monoisotopic (exact) mass is 293 g/mol. The van der Waals surface area contributed by atoms with Gasteiger partial charge in [0.2, 0.25) is 0 Å². The number of piperidine rings is 1. The predicted octanol–water partition coefficient (Wildman–Crippen LogP) is 4.70. The average Bonchev–Trinajstić information content (AvgIpc) is 2.50. The fourth-order valence-electron chi connectivity index (χ4n) is 3.92. The Kier molecular flexibility index (Phi) is 6.38. The van der Waals surface area contributed by atoms with Crippen LogP contribution in [0.5, 0.6) is 0 Å². The SMILES string of the molecule is Cl.c1ccc(CC2CCN(C3CCCCC3)CC2)cc1. The van der Waals surface area contributed by atoms with Crippen molar-refractivity contribution < 1.29 is 0 Å². The van der Waals surface area contributed by atoms with Gasteiger partial charge in [0.15, 0.2) is 0 Å². The number of halogens is 1. The van der Waals surface area contributed by atoms with Gasteiger partial charge in [-0.25, -0.2) is 0 Å². The van der Waals surface area contributed by atoms with Gasteiger partial charge in [0.05, 0.1) is 0 Å². The highest BCUT2D eigenvalue weighted by Gasteiger charge is 2.25. The summed E-state index contributed by atoms with van der Waals surface area (Å²) in [7, 11) is 0. The average molecular weight is 294 g/mol. The Hall–Kier alpha value is -0.530. The summed E-state index contributed by atoms with van der Waals surface area (Å²) in [6, 6.07) is 12.0. The molecule has 1 saturated carbocycles. The third-order valence-corrected chi connectivity index (χ3v) is 5.11. The molecule has 0 unspecified atom stereocenters. The van der Waals surface area contributed by atoms with Crippen LogP contribution in [0.15, 0.2) is 30.3 Å². The second-order valence-corrected chi connectivity index (χ2v) is 6.46. The van der Waals surface area contributed by atoms with Crippen molar-refractivity contribution in [2.75, 3.05) is 13.1 Å². The number of hydrogen-bond donors (Lipinski definition) is 0. The van der Waals surface area contributed by atoms with Crippen LogP contribution in [0, 0.1) is 5.92 Å². The van der Waals surface area contributed by atoms with E-state index in [0.717, 1.165) is 12.0 Å². The van der Waals surface area contributed by atoms with E-state index in [1.807, 2.05) is 0 Å². The van der Waals surface area contributed by atoms with E-state index in [-0.39, 0.29) is 12.4 Å². The minimum atomic E-state index is 0. The second-order valence-electron chi connectivity index (χ2n) is 6.46. The minimum absolute atomic E-state index is 0. The molecular formula is C18H28ClN. The fourth-order valence-corrected chi connectivity index (χ4v) is 3.92. The zero-order valence-electron chi connectivity index (χ0n) is 12.5. The predicted molar refractivity (Wildman–Crippen MR) is 88.6 cm³/mol. The zero-order chi connectivity index (χ0) is 12.9. The third kappa shape index (κ3) is 4.23. The standard InChI is InChI=1S/C18H27N.ClH/c1-3-7-16(8-4-1)15-17-11-13-19(14-12-17)18-9-5-2-6-10-18;/h1,3-4,7-8,17-18H,2,5-6,9-15H2;1H. The molecule has 0 N–H and O–H groups in total. The molecule has 0 aromatic heterocycles. The first kappa shape index (κ1) is 15.9. The minimum Gasteiger partial charge on any atom is -0.300 e. The van der Waals surface area contributed by atoms with Gasteiger partial charge in [-0.3, -0.25) is 0 Å². The van der Waals surface area contributed by atoms with E-state index in [9.17, 15) is 0 Å². The molecular weight excluding hydrogens is 266 g/mol. The van der Waals surface area contributed by atoms with Crippen molar-refractivity contribution in [3.8, 4) is 0 Å². The quantitative estimate of drug-likeness (QED) is 0.781. The van der Waals surface area contributed by atoms with E-state index < -0.39 is 0 Å². The topological polar surface area (TPSA) is 3.24 Å². The van der Waals surface area contributed by atoms with Gasteiger partial charge in [-0.05, 0) is 56.7 Å². The highest BCUT2D eigenvalue weighted by Crippen LogP contribution is 2.28. The molecule has 1 aromatic carbocycles. The molecule has 0 amide bonds. The summed E-state index contributed by atoms with van der Waals surface area (Å²) < 4.78 is 0. The summed E-state index contributed by atoms with van der Waals surface area (Å²) >= 11 is 0. The van der Waals surface area contributed by atoms with Crippen LogP contribution < -0.4 is 0 Å². The summed E-state index contributed by atoms with van der Waals surface area (Å²) in [5.74, 6) is 0.919. The lowest BCUT2D eigenvalue weighted by Crippen LogP contribution is -2.42. The first-order valence-electron chi connectivity index (χ1n) is 8.20. The molecule has 3 rings (SSSR count). The molecule has 1 aromatic rings. The highest BCUT2D eigenvalue weighted by atomic mass is 35.5. The van der Waals surface area contributed by atoms with Crippen molar-refractivity contribution in [3.63, 3.8) is 0 Å². The molecule has 2 aliphatic rings. The lowest BCUT2D eigenvalue weighted by molar-refractivity contribution is 0.107. The third-order valence-electron chi connectivity index (χ3n) is 5.11. The lowest BCUT2D eigenvalue weighted by atomic mass is 9.87. The maximum Gasteiger partial charge on any atom is 0.00952 e. The van der Waals surface area contributed by atoms with Crippen molar-refractivity contribution in [1.29, 1.82) is 0 Å². The zero-order valence-corrected chi connectivity index (χ0v) is 13.3. The molecule has 1 aliphatic carbocycles. The number of hydrogen-bond acceptors (Lipinski definition) is 1. The van der Waals surface area contributed by atoms with E-state index in [1.54, 1.807) is 0 Å². The number of nitrogens with zero attached hydrogens (tertiary/aromatic N) is 1. The first-order chi connectivity index (χ1) is 9.42. The fraction of sp³-hybridized carbons (Fsp3) is 0.667. The van der Waals surface area contributed by atoms with E-state index >= 15 is 0 Å². The van der Waals surface area contributed by atoms with Crippen LogP contribution in [0.1, 0.15) is 50.5 Å². The van der Waals surface area contributed by atoms with Gasteiger partial charge in [0.1, 0.15) is 0 Å². The van der Waals surface area contributed by atoms with E-state index in [4.69, 9.17) is 0 Å². The van der Waals surface area contributed by atoms with Gasteiger partial charge in [0, 0.05) is 6.04 Å². The van der Waals surface area contributed by atoms with Crippen LogP contribution >= 0.6 is 12.4 Å². The smallest absolute Gasteiger partial charge is 0.00952 e. The van der Waals surface area contributed by atoms with E-state index in [2.05, 4.69) is 35.2 Å². The molecule has 1 aliphatic heterocycles. The molecule has 1 heterocycles. The molecule has 112 valence electrons. The first-order valence-corrected chi connectivity index (χ1v) is 8.20. The highest BCUT2D eigenvalue weighted by molar-refractivity contribution is 5.85. The van der Waals surface area contributed by atoms with Gasteiger partial charge in [0.25, 0.3) is 0 Å². The number of likely N-dealkylation sites (tertiary alicyclic amines) is 1. The van der Waals surface area contributed by atoms with Gasteiger partial charge < -0.3 is 4.90 Å². The Balaban J connectivity index is 0.00000147. The van der Waals surface area contributed by atoms with Gasteiger partial charge in [-0.2, -0.15) is 0 Å². The molecule has 1 nitrogen and oxygen atoms in total. The van der Waals surface area contributed by atoms with Gasteiger partial charge >= 0.3 is 0 Å². The molecule has 0 radical (unpaired) electrons. The van der Waals surface area contributed by atoms with Gasteiger partial charge in [-0.15, -0.1) is 12.4 Å². The molecule has 2 heteroatoms. The maximum atomic E-state index is 2.79. The molecule has 2 fully saturated rings. The summed E-state index contributed by atoms with van der Waals surface area (Å²) in [4.78, 5) is 2.79. The van der Waals surface area contributed by atoms with Crippen molar-refractivity contribution in [1.82, 2.24) is 4.90 Å². The summed E-state index contributed by atoms with van der Waals surface area (Å²) in [6.45, 7) is 2.70. The maximum absolute atomic E-state index is 2.79. The van der Waals surface area contributed by atoms with Crippen molar-refractivity contribution >= 4 is 12.4 Å². The van der Waals surface area contributed by atoms with Crippen molar-refractivity contribution in [2.24, 2.45) is 5.92 Å². The van der Waals surface area contributed by atoms with E-state index in [0.29, 0.717) is 0 Å². The summed E-state index contributed by atoms with van der Waals surface area (Å²) in [5, 5.41) is 0. The molecule has 0 atom stereocenters. The Labute approximate surface area is 130 Å². The lowest BCUT2D eigenvalue weighted by Gasteiger charge is -2.39. The van der Waals surface area contributed by atoms with E-state index in [1.165, 1.54) is 70.0 Å².